The molecule has 0 saturated carbocycles. The van der Waals surface area contributed by atoms with E-state index in [1.807, 2.05) is 0 Å². The van der Waals surface area contributed by atoms with Crippen LogP contribution in [0.1, 0.15) is 17.3 Å². The maximum absolute atomic E-state index is 10.8. The summed E-state index contributed by atoms with van der Waals surface area (Å²) in [6.07, 6.45) is 0. The SMILES string of the molecule is CCOc1cc(C(=O)O)c([N+](=O)[O-])cc1O. The van der Waals surface area contributed by atoms with Crippen LogP contribution in [0.2, 0.25) is 0 Å². The lowest BCUT2D eigenvalue weighted by Gasteiger charge is -2.06. The minimum atomic E-state index is -1.45. The molecule has 0 atom stereocenters. The number of ether oxygens (including phenoxy) is 1. The first kappa shape index (κ1) is 11.8. The standard InChI is InChI=1S/C9H9NO6/c1-2-16-8-3-5(9(12)13)6(10(14)15)4-7(8)11/h3-4,11H,2H2,1H3,(H,12,13). The highest BCUT2D eigenvalue weighted by molar-refractivity contribution is 5.93. The molecule has 0 aromatic heterocycles. The number of aromatic carboxylic acids is 1. The molecular formula is C9H9NO6. The maximum Gasteiger partial charge on any atom is 0.342 e. The molecule has 1 aromatic carbocycles. The lowest BCUT2D eigenvalue weighted by Crippen LogP contribution is -2.04. The number of carbonyl (C=O) groups is 1. The van der Waals surface area contributed by atoms with Gasteiger partial charge in [0.1, 0.15) is 5.56 Å². The molecule has 7 heteroatoms. The fourth-order valence-electron chi connectivity index (χ4n) is 1.15. The third kappa shape index (κ3) is 2.19. The van der Waals surface area contributed by atoms with Gasteiger partial charge in [-0.15, -0.1) is 0 Å². The average Bonchev–Trinajstić information content (AvgIpc) is 2.20. The van der Waals surface area contributed by atoms with Crippen molar-refractivity contribution in [2.24, 2.45) is 0 Å². The number of carboxylic acids is 1. The van der Waals surface area contributed by atoms with E-state index in [0.717, 1.165) is 12.1 Å². The molecule has 1 rings (SSSR count). The number of nitrogens with zero attached hydrogens (tertiary/aromatic N) is 1. The number of nitro groups is 1. The number of rotatable bonds is 4. The van der Waals surface area contributed by atoms with Crippen molar-refractivity contribution in [3.05, 3.63) is 27.8 Å². The molecular weight excluding hydrogens is 218 g/mol. The molecule has 86 valence electrons. The van der Waals surface area contributed by atoms with Crippen LogP contribution in [0.25, 0.3) is 0 Å². The van der Waals surface area contributed by atoms with Crippen molar-refractivity contribution < 1.29 is 24.7 Å². The summed E-state index contributed by atoms with van der Waals surface area (Å²) >= 11 is 0. The fourth-order valence-corrected chi connectivity index (χ4v) is 1.15. The van der Waals surface area contributed by atoms with Crippen molar-refractivity contribution in [3.63, 3.8) is 0 Å². The monoisotopic (exact) mass is 227 g/mol. The van der Waals surface area contributed by atoms with Crippen LogP contribution in [0, 0.1) is 10.1 Å². The van der Waals surface area contributed by atoms with Crippen LogP contribution >= 0.6 is 0 Å². The number of aromatic hydroxyl groups is 1. The van der Waals surface area contributed by atoms with Gasteiger partial charge in [-0.1, -0.05) is 0 Å². The van der Waals surface area contributed by atoms with E-state index in [9.17, 15) is 20.0 Å². The van der Waals surface area contributed by atoms with Crippen LogP contribution in [0.3, 0.4) is 0 Å². The number of benzene rings is 1. The number of hydrogen-bond donors (Lipinski definition) is 2. The Kier molecular flexibility index (Phi) is 3.29. The molecule has 0 bridgehead atoms. The first-order chi connectivity index (χ1) is 7.47. The summed E-state index contributed by atoms with van der Waals surface area (Å²) in [5.41, 5.74) is -1.19. The quantitative estimate of drug-likeness (QED) is 0.594. The molecule has 0 spiro atoms. The van der Waals surface area contributed by atoms with Crippen LogP contribution in [-0.4, -0.2) is 27.7 Å². The van der Waals surface area contributed by atoms with Gasteiger partial charge >= 0.3 is 5.97 Å². The Balaban J connectivity index is 3.37. The highest BCUT2D eigenvalue weighted by Gasteiger charge is 2.23. The molecule has 0 radical (unpaired) electrons. The first-order valence-corrected chi connectivity index (χ1v) is 4.34. The topological polar surface area (TPSA) is 110 Å². The van der Waals surface area contributed by atoms with E-state index >= 15 is 0 Å². The molecule has 0 aliphatic carbocycles. The largest absolute Gasteiger partial charge is 0.504 e. The van der Waals surface area contributed by atoms with Gasteiger partial charge < -0.3 is 14.9 Å². The molecule has 0 fully saturated rings. The van der Waals surface area contributed by atoms with E-state index in [1.165, 1.54) is 0 Å². The molecule has 0 saturated heterocycles. The highest BCUT2D eigenvalue weighted by Crippen LogP contribution is 2.33. The number of phenols is 1. The van der Waals surface area contributed by atoms with Crippen LogP contribution < -0.4 is 4.74 Å². The van der Waals surface area contributed by atoms with Gasteiger partial charge in [0.2, 0.25) is 0 Å². The average molecular weight is 227 g/mol. The van der Waals surface area contributed by atoms with Gasteiger partial charge in [-0.2, -0.15) is 0 Å². The van der Waals surface area contributed by atoms with Crippen LogP contribution in [0.15, 0.2) is 12.1 Å². The van der Waals surface area contributed by atoms with E-state index in [2.05, 4.69) is 0 Å². The Morgan fingerprint density at radius 1 is 1.56 bits per heavy atom. The molecule has 0 aliphatic heterocycles. The van der Waals surface area contributed by atoms with Gasteiger partial charge in [0.15, 0.2) is 11.5 Å². The Labute approximate surface area is 90.0 Å². The van der Waals surface area contributed by atoms with Crippen molar-refractivity contribution in [2.45, 2.75) is 6.92 Å². The molecule has 7 nitrogen and oxygen atoms in total. The predicted octanol–water partition coefficient (Wildman–Crippen LogP) is 1.40. The summed E-state index contributed by atoms with van der Waals surface area (Å²) in [6, 6.07) is 1.69. The van der Waals surface area contributed by atoms with E-state index in [-0.39, 0.29) is 12.4 Å². The summed E-state index contributed by atoms with van der Waals surface area (Å²) in [4.78, 5) is 20.4. The number of nitro benzene ring substituents is 1. The zero-order valence-corrected chi connectivity index (χ0v) is 8.34. The maximum atomic E-state index is 10.8. The van der Waals surface area contributed by atoms with Gasteiger partial charge in [0, 0.05) is 6.07 Å². The van der Waals surface area contributed by atoms with Crippen molar-refractivity contribution in [1.82, 2.24) is 0 Å². The predicted molar refractivity (Wildman–Crippen MR) is 52.9 cm³/mol. The van der Waals surface area contributed by atoms with Gasteiger partial charge in [0.05, 0.1) is 17.6 Å². The second-order valence-electron chi connectivity index (χ2n) is 2.83. The fraction of sp³-hybridized carbons (Fsp3) is 0.222. The second-order valence-corrected chi connectivity index (χ2v) is 2.83. The van der Waals surface area contributed by atoms with Gasteiger partial charge in [0.25, 0.3) is 5.69 Å². The van der Waals surface area contributed by atoms with Crippen molar-refractivity contribution in [2.75, 3.05) is 6.61 Å². The molecule has 1 aromatic rings. The Morgan fingerprint density at radius 2 is 2.19 bits per heavy atom. The van der Waals surface area contributed by atoms with E-state index < -0.39 is 27.9 Å². The summed E-state index contributed by atoms with van der Waals surface area (Å²) in [7, 11) is 0. The highest BCUT2D eigenvalue weighted by atomic mass is 16.6. The summed E-state index contributed by atoms with van der Waals surface area (Å²) in [5.74, 6) is -2.00. The zero-order chi connectivity index (χ0) is 12.3. The van der Waals surface area contributed by atoms with Crippen molar-refractivity contribution >= 4 is 11.7 Å². The summed E-state index contributed by atoms with van der Waals surface area (Å²) in [5, 5.41) is 28.6. The van der Waals surface area contributed by atoms with Crippen LogP contribution in [-0.2, 0) is 0 Å². The van der Waals surface area contributed by atoms with E-state index in [4.69, 9.17) is 9.84 Å². The van der Waals surface area contributed by atoms with Crippen LogP contribution in [0.5, 0.6) is 11.5 Å². The molecule has 0 heterocycles. The molecule has 2 N–H and O–H groups in total. The summed E-state index contributed by atoms with van der Waals surface area (Å²) < 4.78 is 4.93. The second kappa shape index (κ2) is 4.47. The van der Waals surface area contributed by atoms with E-state index in [1.54, 1.807) is 6.92 Å². The molecule has 16 heavy (non-hydrogen) atoms. The van der Waals surface area contributed by atoms with Crippen LogP contribution in [0.4, 0.5) is 5.69 Å². The van der Waals surface area contributed by atoms with Crippen molar-refractivity contribution in [1.29, 1.82) is 0 Å². The molecule has 0 aliphatic rings. The Morgan fingerprint density at radius 3 is 2.62 bits per heavy atom. The Hall–Kier alpha value is -2.31. The smallest absolute Gasteiger partial charge is 0.342 e. The normalized spacial score (nSPS) is 9.81. The Bertz CT molecular complexity index is 442. The minimum absolute atomic E-state index is 0.0921. The lowest BCUT2D eigenvalue weighted by atomic mass is 10.1. The molecule has 0 amide bonds. The third-order valence-corrected chi connectivity index (χ3v) is 1.80. The number of phenolic OH excluding ortho intramolecular Hbond substituents is 1. The van der Waals surface area contributed by atoms with Gasteiger partial charge in [-0.25, -0.2) is 4.79 Å². The minimum Gasteiger partial charge on any atom is -0.504 e. The van der Waals surface area contributed by atoms with Crippen molar-refractivity contribution in [3.8, 4) is 11.5 Å². The number of carboxylic acid groups (broad SMARTS) is 1. The third-order valence-electron chi connectivity index (χ3n) is 1.80. The van der Waals surface area contributed by atoms with E-state index in [0.29, 0.717) is 0 Å². The molecule has 0 unspecified atom stereocenters. The summed E-state index contributed by atoms with van der Waals surface area (Å²) in [6.45, 7) is 1.85. The first-order valence-electron chi connectivity index (χ1n) is 4.34. The van der Waals surface area contributed by atoms with Gasteiger partial charge in [-0.3, -0.25) is 10.1 Å². The zero-order valence-electron chi connectivity index (χ0n) is 8.34. The lowest BCUT2D eigenvalue weighted by molar-refractivity contribution is -0.385. The van der Waals surface area contributed by atoms with Gasteiger partial charge in [-0.05, 0) is 6.92 Å². The number of hydrogen-bond acceptors (Lipinski definition) is 5.